The van der Waals surface area contributed by atoms with Crippen LogP contribution in [0, 0.1) is 0 Å². The Labute approximate surface area is 189 Å². The van der Waals surface area contributed by atoms with Crippen LogP contribution in [0.3, 0.4) is 0 Å². The van der Waals surface area contributed by atoms with Crippen molar-refractivity contribution in [3.8, 4) is 17.2 Å². The quantitative estimate of drug-likeness (QED) is 0.350. The van der Waals surface area contributed by atoms with Crippen LogP contribution < -0.4 is 19.5 Å². The van der Waals surface area contributed by atoms with E-state index < -0.39 is 0 Å². The zero-order chi connectivity index (χ0) is 19.9. The maximum Gasteiger partial charge on any atom is 0.194 e. The lowest BCUT2D eigenvalue weighted by Gasteiger charge is -2.37. The lowest BCUT2D eigenvalue weighted by atomic mass is 10.1. The molecule has 0 aromatic heterocycles. The SMILES string of the molecule is CN=C(NCc1c(OC)cc(OC)cc1OC)N1CCOC(C2CCCO2)C1.I. The molecule has 1 aromatic carbocycles. The zero-order valence-corrected chi connectivity index (χ0v) is 19.9. The number of guanidine groups is 1. The molecule has 1 aromatic rings. The van der Waals surface area contributed by atoms with E-state index in [1.165, 1.54) is 0 Å². The van der Waals surface area contributed by atoms with Crippen LogP contribution in [0.2, 0.25) is 0 Å². The van der Waals surface area contributed by atoms with Crippen molar-refractivity contribution in [3.63, 3.8) is 0 Å². The first-order chi connectivity index (χ1) is 13.7. The number of rotatable bonds is 6. The van der Waals surface area contributed by atoms with Gasteiger partial charge in [-0.3, -0.25) is 4.99 Å². The molecule has 2 aliphatic rings. The molecule has 9 heteroatoms. The molecule has 164 valence electrons. The summed E-state index contributed by atoms with van der Waals surface area (Å²) in [5, 5.41) is 3.43. The van der Waals surface area contributed by atoms with Crippen molar-refractivity contribution < 1.29 is 23.7 Å². The third kappa shape index (κ3) is 5.79. The minimum atomic E-state index is 0. The van der Waals surface area contributed by atoms with Gasteiger partial charge in [-0.05, 0) is 12.8 Å². The third-order valence-electron chi connectivity index (χ3n) is 5.22. The molecule has 2 aliphatic heterocycles. The highest BCUT2D eigenvalue weighted by molar-refractivity contribution is 14.0. The van der Waals surface area contributed by atoms with Crippen molar-refractivity contribution in [1.82, 2.24) is 10.2 Å². The highest BCUT2D eigenvalue weighted by Gasteiger charge is 2.32. The molecule has 2 atom stereocenters. The zero-order valence-electron chi connectivity index (χ0n) is 17.6. The third-order valence-corrected chi connectivity index (χ3v) is 5.22. The van der Waals surface area contributed by atoms with E-state index in [4.69, 9.17) is 23.7 Å². The van der Waals surface area contributed by atoms with Crippen molar-refractivity contribution in [2.45, 2.75) is 31.6 Å². The van der Waals surface area contributed by atoms with Crippen molar-refractivity contribution in [2.24, 2.45) is 4.99 Å². The predicted octanol–water partition coefficient (Wildman–Crippen LogP) is 2.29. The average molecular weight is 521 g/mol. The molecule has 1 N–H and O–H groups in total. The van der Waals surface area contributed by atoms with Gasteiger partial charge in [0.05, 0.1) is 46.1 Å². The van der Waals surface area contributed by atoms with E-state index in [0.29, 0.717) is 30.4 Å². The van der Waals surface area contributed by atoms with Crippen molar-refractivity contribution in [2.75, 3.05) is 54.7 Å². The summed E-state index contributed by atoms with van der Waals surface area (Å²) in [6, 6.07) is 3.70. The largest absolute Gasteiger partial charge is 0.496 e. The van der Waals surface area contributed by atoms with Gasteiger partial charge in [-0.2, -0.15) is 0 Å². The monoisotopic (exact) mass is 521 g/mol. The highest BCUT2D eigenvalue weighted by Crippen LogP contribution is 2.34. The van der Waals surface area contributed by atoms with Gasteiger partial charge in [-0.15, -0.1) is 24.0 Å². The maximum atomic E-state index is 5.94. The van der Waals surface area contributed by atoms with Gasteiger partial charge >= 0.3 is 0 Å². The van der Waals surface area contributed by atoms with Crippen LogP contribution in [0.15, 0.2) is 17.1 Å². The highest BCUT2D eigenvalue weighted by atomic mass is 127. The second kappa shape index (κ2) is 11.7. The fourth-order valence-corrected chi connectivity index (χ4v) is 3.74. The van der Waals surface area contributed by atoms with E-state index in [-0.39, 0.29) is 36.2 Å². The normalized spacial score (nSPS) is 22.1. The Kier molecular flexibility index (Phi) is 9.57. The minimum absolute atomic E-state index is 0. The molecule has 3 rings (SSSR count). The summed E-state index contributed by atoms with van der Waals surface area (Å²) in [6.45, 7) is 3.57. The summed E-state index contributed by atoms with van der Waals surface area (Å²) in [5.41, 5.74) is 0.913. The van der Waals surface area contributed by atoms with Crippen LogP contribution in [0.5, 0.6) is 17.2 Å². The Morgan fingerprint density at radius 3 is 2.34 bits per heavy atom. The van der Waals surface area contributed by atoms with Gasteiger partial charge in [0.25, 0.3) is 0 Å². The van der Waals surface area contributed by atoms with Gasteiger partial charge in [-0.1, -0.05) is 0 Å². The molecule has 2 heterocycles. The number of halogens is 1. The van der Waals surface area contributed by atoms with Crippen LogP contribution in [-0.2, 0) is 16.0 Å². The Hall–Kier alpha value is -1.46. The number of morpholine rings is 1. The Morgan fingerprint density at radius 2 is 1.79 bits per heavy atom. The van der Waals surface area contributed by atoms with Crippen LogP contribution in [0.25, 0.3) is 0 Å². The molecule has 0 amide bonds. The fourth-order valence-electron chi connectivity index (χ4n) is 3.74. The topological polar surface area (TPSA) is 73.8 Å². The van der Waals surface area contributed by atoms with Crippen LogP contribution in [-0.4, -0.2) is 77.7 Å². The summed E-state index contributed by atoms with van der Waals surface area (Å²) in [5.74, 6) is 2.93. The van der Waals surface area contributed by atoms with Crippen LogP contribution >= 0.6 is 24.0 Å². The van der Waals surface area contributed by atoms with Crippen molar-refractivity contribution in [3.05, 3.63) is 17.7 Å². The first kappa shape index (κ1) is 23.8. The van der Waals surface area contributed by atoms with Crippen molar-refractivity contribution in [1.29, 1.82) is 0 Å². The summed E-state index contributed by atoms with van der Waals surface area (Å²) in [6.07, 6.45) is 2.43. The van der Waals surface area contributed by atoms with E-state index in [0.717, 1.165) is 44.1 Å². The molecule has 0 bridgehead atoms. The molecule has 2 fully saturated rings. The van der Waals surface area contributed by atoms with Crippen LogP contribution in [0.4, 0.5) is 0 Å². The summed E-state index contributed by atoms with van der Waals surface area (Å²) in [4.78, 5) is 6.68. The Bertz CT molecular complexity index is 657. The van der Waals surface area contributed by atoms with Gasteiger partial charge in [-0.25, -0.2) is 0 Å². The maximum absolute atomic E-state index is 5.94. The fraction of sp³-hybridized carbons (Fsp3) is 0.650. The van der Waals surface area contributed by atoms with E-state index in [2.05, 4.69) is 15.2 Å². The average Bonchev–Trinajstić information content (AvgIpc) is 3.29. The molecular formula is C20H32IN3O5. The Morgan fingerprint density at radius 1 is 1.10 bits per heavy atom. The molecule has 8 nitrogen and oxygen atoms in total. The number of nitrogens with zero attached hydrogens (tertiary/aromatic N) is 2. The molecule has 2 saturated heterocycles. The van der Waals surface area contributed by atoms with Gasteiger partial charge in [0.2, 0.25) is 0 Å². The smallest absolute Gasteiger partial charge is 0.194 e. The molecule has 0 spiro atoms. The molecule has 29 heavy (non-hydrogen) atoms. The first-order valence-corrected chi connectivity index (χ1v) is 9.67. The summed E-state index contributed by atoms with van der Waals surface area (Å²) < 4.78 is 28.1. The molecule has 0 aliphatic carbocycles. The second-order valence-corrected chi connectivity index (χ2v) is 6.82. The van der Waals surface area contributed by atoms with Gasteiger partial charge in [0.15, 0.2) is 5.96 Å². The first-order valence-electron chi connectivity index (χ1n) is 9.67. The number of hydrogen-bond donors (Lipinski definition) is 1. The van der Waals surface area contributed by atoms with E-state index in [1.54, 1.807) is 28.4 Å². The number of methoxy groups -OCH3 is 3. The standard InChI is InChI=1S/C20H31N3O5.HI/c1-21-20(23-7-9-28-19(13-23)16-6-5-8-27-16)22-12-15-17(25-3)10-14(24-2)11-18(15)26-4;/h10-11,16,19H,5-9,12-13H2,1-4H3,(H,21,22);1H. The summed E-state index contributed by atoms with van der Waals surface area (Å²) >= 11 is 0. The number of nitrogens with one attached hydrogen (secondary N) is 1. The van der Waals surface area contributed by atoms with Gasteiger partial charge in [0, 0.05) is 38.9 Å². The Balaban J connectivity index is 0.00000300. The number of aliphatic imine (C=N–C) groups is 1. The second-order valence-electron chi connectivity index (χ2n) is 6.82. The lowest BCUT2D eigenvalue weighted by Crippen LogP contribution is -2.53. The summed E-state index contributed by atoms with van der Waals surface area (Å²) in [7, 11) is 6.69. The van der Waals surface area contributed by atoms with Crippen LogP contribution in [0.1, 0.15) is 18.4 Å². The van der Waals surface area contributed by atoms with E-state index >= 15 is 0 Å². The number of ether oxygens (including phenoxy) is 5. The lowest BCUT2D eigenvalue weighted by molar-refractivity contribution is -0.0817. The predicted molar refractivity (Wildman–Crippen MR) is 122 cm³/mol. The van der Waals surface area contributed by atoms with Gasteiger partial charge in [0.1, 0.15) is 23.4 Å². The van der Waals surface area contributed by atoms with E-state index in [1.807, 2.05) is 12.1 Å². The number of hydrogen-bond acceptors (Lipinski definition) is 6. The van der Waals surface area contributed by atoms with Crippen molar-refractivity contribution >= 4 is 29.9 Å². The number of benzene rings is 1. The molecule has 0 saturated carbocycles. The minimum Gasteiger partial charge on any atom is -0.496 e. The molecule has 2 unspecified atom stereocenters. The molecule has 0 radical (unpaired) electrons. The molecular weight excluding hydrogens is 489 g/mol. The van der Waals surface area contributed by atoms with Gasteiger partial charge < -0.3 is 33.9 Å². The van der Waals surface area contributed by atoms with E-state index in [9.17, 15) is 0 Å².